The molecule has 0 aliphatic carbocycles. The fourth-order valence-electron chi connectivity index (χ4n) is 0.867. The maximum atomic E-state index is 13.3. The lowest BCUT2D eigenvalue weighted by Gasteiger charge is -2.19. The highest BCUT2D eigenvalue weighted by Crippen LogP contribution is 2.31. The van der Waals surface area contributed by atoms with Crippen molar-refractivity contribution in [3.8, 4) is 0 Å². The van der Waals surface area contributed by atoms with Gasteiger partial charge >= 0.3 is 0 Å². The summed E-state index contributed by atoms with van der Waals surface area (Å²) in [5, 5.41) is -1.01. The first-order chi connectivity index (χ1) is 5.02. The smallest absolute Gasteiger partial charge is 0.123 e. The summed E-state index contributed by atoms with van der Waals surface area (Å²) >= 11 is 0. The summed E-state index contributed by atoms with van der Waals surface area (Å²) < 4.78 is 13.3. The number of hydrogen-bond acceptors (Lipinski definition) is 0. The number of halogens is 1. The monoisotopic (exact) mass is 178 g/mol. The summed E-state index contributed by atoms with van der Waals surface area (Å²) in [6.45, 7) is 6.22. The fourth-order valence-corrected chi connectivity index (χ4v) is 1.03. The Kier molecular flexibility index (Phi) is 5.25. The fraction of sp³-hybridized carbons (Fsp3) is 1.00. The van der Waals surface area contributed by atoms with Gasteiger partial charge in [0.2, 0.25) is 0 Å². The van der Waals surface area contributed by atoms with E-state index in [4.69, 9.17) is 0 Å². The largest absolute Gasteiger partial charge is 0.240 e. The van der Waals surface area contributed by atoms with Gasteiger partial charge in [0, 0.05) is 0 Å². The quantitative estimate of drug-likeness (QED) is 0.562. The molecule has 0 bridgehead atoms. The molecular formula is C9H20FP. The van der Waals surface area contributed by atoms with Crippen molar-refractivity contribution in [3.05, 3.63) is 0 Å². The van der Waals surface area contributed by atoms with Crippen molar-refractivity contribution in [2.75, 3.05) is 0 Å². The summed E-state index contributed by atoms with van der Waals surface area (Å²) in [7, 11) is 2.31. The Bertz CT molecular complexity index is 102. The van der Waals surface area contributed by atoms with Crippen molar-refractivity contribution in [1.29, 1.82) is 0 Å². The highest BCUT2D eigenvalue weighted by molar-refractivity contribution is 7.18. The Morgan fingerprint density at radius 3 is 2.36 bits per heavy atom. The molecule has 0 saturated carbocycles. The lowest BCUT2D eigenvalue weighted by atomic mass is 10.00. The van der Waals surface area contributed by atoms with Crippen LogP contribution in [0.15, 0.2) is 0 Å². The minimum absolute atomic E-state index is 0.605. The van der Waals surface area contributed by atoms with Crippen LogP contribution in [-0.4, -0.2) is 5.41 Å². The van der Waals surface area contributed by atoms with Crippen molar-refractivity contribution in [2.45, 2.75) is 51.9 Å². The molecule has 68 valence electrons. The van der Waals surface area contributed by atoms with Crippen molar-refractivity contribution in [1.82, 2.24) is 0 Å². The van der Waals surface area contributed by atoms with Crippen molar-refractivity contribution in [2.24, 2.45) is 5.92 Å². The molecule has 0 N–H and O–H groups in total. The molecule has 2 unspecified atom stereocenters. The van der Waals surface area contributed by atoms with Crippen LogP contribution in [0.2, 0.25) is 0 Å². The van der Waals surface area contributed by atoms with E-state index in [1.807, 2.05) is 6.92 Å². The normalized spacial score (nSPS) is 19.4. The average Bonchev–Trinajstić information content (AvgIpc) is 2.00. The summed E-state index contributed by atoms with van der Waals surface area (Å²) in [4.78, 5) is 0. The van der Waals surface area contributed by atoms with Gasteiger partial charge in [0.15, 0.2) is 0 Å². The third kappa shape index (κ3) is 5.61. The van der Waals surface area contributed by atoms with Crippen LogP contribution >= 0.6 is 9.24 Å². The van der Waals surface area contributed by atoms with E-state index in [9.17, 15) is 4.39 Å². The second kappa shape index (κ2) is 5.09. The lowest BCUT2D eigenvalue weighted by Crippen LogP contribution is -2.12. The molecule has 0 amide bonds. The van der Waals surface area contributed by atoms with Gasteiger partial charge in [-0.3, -0.25) is 0 Å². The maximum absolute atomic E-state index is 13.3. The minimum atomic E-state index is -1.01. The van der Waals surface area contributed by atoms with Crippen LogP contribution in [-0.2, 0) is 0 Å². The molecule has 0 nitrogen and oxygen atoms in total. The second-order valence-corrected chi connectivity index (χ2v) is 4.47. The van der Waals surface area contributed by atoms with E-state index in [0.29, 0.717) is 18.8 Å². The topological polar surface area (TPSA) is 0 Å². The van der Waals surface area contributed by atoms with E-state index in [2.05, 4.69) is 23.1 Å². The third-order valence-corrected chi connectivity index (χ3v) is 3.03. The Morgan fingerprint density at radius 2 is 2.00 bits per heavy atom. The van der Waals surface area contributed by atoms with Gasteiger partial charge in [0.1, 0.15) is 5.41 Å². The first-order valence-corrected chi connectivity index (χ1v) is 5.07. The molecule has 0 fully saturated rings. The number of rotatable bonds is 5. The Balaban J connectivity index is 3.52. The van der Waals surface area contributed by atoms with Crippen molar-refractivity contribution < 1.29 is 4.39 Å². The SMILES string of the molecule is CC[C@H](C)CCC(F)(P)CC. The zero-order chi connectivity index (χ0) is 8.91. The second-order valence-electron chi connectivity index (χ2n) is 3.44. The summed E-state index contributed by atoms with van der Waals surface area (Å²) in [5.41, 5.74) is 0. The maximum Gasteiger partial charge on any atom is 0.123 e. The Morgan fingerprint density at radius 1 is 1.45 bits per heavy atom. The van der Waals surface area contributed by atoms with E-state index in [1.54, 1.807) is 0 Å². The summed E-state index contributed by atoms with van der Waals surface area (Å²) in [6, 6.07) is 0. The molecule has 0 aliphatic rings. The molecule has 0 spiro atoms. The molecule has 0 aromatic heterocycles. The van der Waals surface area contributed by atoms with Crippen LogP contribution in [0.4, 0.5) is 4.39 Å². The van der Waals surface area contributed by atoms with E-state index in [1.165, 1.54) is 0 Å². The van der Waals surface area contributed by atoms with Gasteiger partial charge in [0.25, 0.3) is 0 Å². The van der Waals surface area contributed by atoms with Gasteiger partial charge < -0.3 is 0 Å². The minimum Gasteiger partial charge on any atom is -0.240 e. The Labute approximate surface area is 72.2 Å². The third-order valence-electron chi connectivity index (χ3n) is 2.34. The lowest BCUT2D eigenvalue weighted by molar-refractivity contribution is 0.241. The van der Waals surface area contributed by atoms with Gasteiger partial charge in [-0.25, -0.2) is 4.39 Å². The molecule has 0 aromatic rings. The van der Waals surface area contributed by atoms with Crippen LogP contribution in [0, 0.1) is 5.92 Å². The van der Waals surface area contributed by atoms with E-state index in [0.717, 1.165) is 12.8 Å². The zero-order valence-electron chi connectivity index (χ0n) is 7.86. The van der Waals surface area contributed by atoms with Crippen LogP contribution in [0.1, 0.15) is 46.5 Å². The molecule has 0 aliphatic heterocycles. The van der Waals surface area contributed by atoms with Gasteiger partial charge in [-0.1, -0.05) is 36.4 Å². The zero-order valence-corrected chi connectivity index (χ0v) is 9.02. The van der Waals surface area contributed by atoms with Crippen LogP contribution in [0.3, 0.4) is 0 Å². The van der Waals surface area contributed by atoms with Gasteiger partial charge in [-0.15, -0.1) is 0 Å². The summed E-state index contributed by atoms with van der Waals surface area (Å²) in [5.74, 6) is 0.664. The van der Waals surface area contributed by atoms with E-state index < -0.39 is 5.41 Å². The van der Waals surface area contributed by atoms with Crippen LogP contribution < -0.4 is 0 Å². The highest BCUT2D eigenvalue weighted by atomic mass is 31.0. The van der Waals surface area contributed by atoms with E-state index in [-0.39, 0.29) is 0 Å². The molecule has 2 heteroatoms. The molecule has 0 rings (SSSR count). The van der Waals surface area contributed by atoms with Gasteiger partial charge in [-0.05, 0) is 25.2 Å². The van der Waals surface area contributed by atoms with Crippen molar-refractivity contribution >= 4 is 9.24 Å². The number of alkyl halides is 1. The first kappa shape index (κ1) is 11.4. The molecule has 0 aromatic carbocycles. The predicted octanol–water partition coefficient (Wildman–Crippen LogP) is 3.76. The molecule has 11 heavy (non-hydrogen) atoms. The molecule has 0 radical (unpaired) electrons. The Hall–Kier alpha value is 0.360. The standard InChI is InChI=1S/C9H20FP/c1-4-8(3)6-7-9(10,11)5-2/h8H,4-7,11H2,1-3H3/t8-,9?/m0/s1. The van der Waals surface area contributed by atoms with Gasteiger partial charge in [-0.2, -0.15) is 0 Å². The number of hydrogen-bond donors (Lipinski definition) is 0. The van der Waals surface area contributed by atoms with Crippen LogP contribution in [0.25, 0.3) is 0 Å². The van der Waals surface area contributed by atoms with Crippen LogP contribution in [0.5, 0.6) is 0 Å². The predicted molar refractivity (Wildman–Crippen MR) is 52.5 cm³/mol. The average molecular weight is 178 g/mol. The summed E-state index contributed by atoms with van der Waals surface area (Å²) in [6.07, 6.45) is 3.45. The van der Waals surface area contributed by atoms with Crippen molar-refractivity contribution in [3.63, 3.8) is 0 Å². The van der Waals surface area contributed by atoms with Gasteiger partial charge in [0.05, 0.1) is 0 Å². The van der Waals surface area contributed by atoms with E-state index >= 15 is 0 Å². The molecule has 3 atom stereocenters. The molecule has 0 heterocycles. The first-order valence-electron chi connectivity index (χ1n) is 4.49. The highest BCUT2D eigenvalue weighted by Gasteiger charge is 2.20. The molecule has 0 saturated heterocycles. The molecular weight excluding hydrogens is 158 g/mol.